The molecule has 42 heavy (non-hydrogen) atoms. The first kappa shape index (κ1) is 32.0. The molecule has 0 spiro atoms. The van der Waals surface area contributed by atoms with Crippen molar-refractivity contribution in [2.24, 2.45) is 0 Å². The van der Waals surface area contributed by atoms with E-state index in [-0.39, 0.29) is 53.8 Å². The average Bonchev–Trinajstić information content (AvgIpc) is 3.46. The smallest absolute Gasteiger partial charge is 0.341 e. The SMILES string of the molecule is COC(=O)c1c(NC(=O)c2ccccc2C(=O)Nc2sc(C(=O)N(C)C)c(C)c2C(=O)OC)sc(C(=O)N(C)C)c1C. The summed E-state index contributed by atoms with van der Waals surface area (Å²) < 4.78 is 9.75. The normalized spacial score (nSPS) is 10.5. The highest BCUT2D eigenvalue weighted by Crippen LogP contribution is 2.36. The van der Waals surface area contributed by atoms with E-state index in [1.54, 1.807) is 54.2 Å². The zero-order chi connectivity index (χ0) is 31.5. The molecule has 12 nitrogen and oxygen atoms in total. The molecule has 0 aliphatic rings. The van der Waals surface area contributed by atoms with Gasteiger partial charge >= 0.3 is 11.9 Å². The average molecular weight is 615 g/mol. The molecule has 3 rings (SSSR count). The third-order valence-electron chi connectivity index (χ3n) is 6.14. The summed E-state index contributed by atoms with van der Waals surface area (Å²) in [7, 11) is 8.62. The lowest BCUT2D eigenvalue weighted by molar-refractivity contribution is 0.0592. The molecular formula is C28H30N4O8S2. The minimum Gasteiger partial charge on any atom is -0.465 e. The van der Waals surface area contributed by atoms with Crippen molar-refractivity contribution in [3.63, 3.8) is 0 Å². The molecule has 3 aromatic rings. The van der Waals surface area contributed by atoms with Crippen LogP contribution in [0.5, 0.6) is 0 Å². The third kappa shape index (κ3) is 6.19. The Morgan fingerprint density at radius 3 is 1.26 bits per heavy atom. The summed E-state index contributed by atoms with van der Waals surface area (Å²) in [5.74, 6) is -3.65. The number of esters is 2. The number of thiophene rings is 2. The van der Waals surface area contributed by atoms with E-state index >= 15 is 0 Å². The number of anilines is 2. The van der Waals surface area contributed by atoms with Crippen LogP contribution < -0.4 is 10.6 Å². The summed E-state index contributed by atoms with van der Waals surface area (Å²) in [5.41, 5.74) is 0.650. The molecule has 0 unspecified atom stereocenters. The third-order valence-corrected chi connectivity index (χ3v) is 8.53. The number of benzene rings is 1. The van der Waals surface area contributed by atoms with Gasteiger partial charge in [0.2, 0.25) is 0 Å². The van der Waals surface area contributed by atoms with Crippen molar-refractivity contribution in [2.75, 3.05) is 53.0 Å². The summed E-state index contributed by atoms with van der Waals surface area (Å²) >= 11 is 1.83. The minimum atomic E-state index is -0.741. The van der Waals surface area contributed by atoms with Crippen LogP contribution in [0.3, 0.4) is 0 Å². The topological polar surface area (TPSA) is 151 Å². The van der Waals surface area contributed by atoms with Crippen molar-refractivity contribution >= 4 is 68.2 Å². The molecule has 4 amide bonds. The van der Waals surface area contributed by atoms with Gasteiger partial charge in [-0.25, -0.2) is 9.59 Å². The highest BCUT2D eigenvalue weighted by molar-refractivity contribution is 7.19. The number of amides is 4. The Balaban J connectivity index is 2.02. The van der Waals surface area contributed by atoms with E-state index in [2.05, 4.69) is 10.6 Å². The number of ether oxygens (including phenoxy) is 2. The fourth-order valence-electron chi connectivity index (χ4n) is 3.93. The van der Waals surface area contributed by atoms with Gasteiger partial charge in [-0.1, -0.05) is 12.1 Å². The molecule has 222 valence electrons. The Bertz CT molecular complexity index is 1490. The van der Waals surface area contributed by atoms with Crippen molar-refractivity contribution in [3.8, 4) is 0 Å². The van der Waals surface area contributed by atoms with Gasteiger partial charge < -0.3 is 29.9 Å². The summed E-state index contributed by atoms with van der Waals surface area (Å²) in [5, 5.41) is 5.45. The summed E-state index contributed by atoms with van der Waals surface area (Å²) in [6.45, 7) is 3.15. The highest BCUT2D eigenvalue weighted by Gasteiger charge is 2.30. The molecule has 0 fully saturated rings. The lowest BCUT2D eigenvalue weighted by Crippen LogP contribution is -2.21. The molecule has 14 heteroatoms. The van der Waals surface area contributed by atoms with Gasteiger partial charge in [-0.2, -0.15) is 0 Å². The van der Waals surface area contributed by atoms with Crippen molar-refractivity contribution < 1.29 is 38.2 Å². The van der Waals surface area contributed by atoms with Crippen molar-refractivity contribution in [2.45, 2.75) is 13.8 Å². The van der Waals surface area contributed by atoms with E-state index in [0.717, 1.165) is 22.7 Å². The number of nitrogens with one attached hydrogen (secondary N) is 2. The van der Waals surface area contributed by atoms with E-state index in [1.165, 1.54) is 36.2 Å². The van der Waals surface area contributed by atoms with Gasteiger partial charge in [0.25, 0.3) is 23.6 Å². The van der Waals surface area contributed by atoms with Crippen molar-refractivity contribution in [1.82, 2.24) is 9.80 Å². The van der Waals surface area contributed by atoms with Crippen LogP contribution in [0.25, 0.3) is 0 Å². The Morgan fingerprint density at radius 2 is 0.976 bits per heavy atom. The van der Waals surface area contributed by atoms with Gasteiger partial charge in [0, 0.05) is 28.2 Å². The Kier molecular flexibility index (Phi) is 9.86. The number of carbonyl (C=O) groups excluding carboxylic acids is 6. The Morgan fingerprint density at radius 1 is 0.643 bits per heavy atom. The monoisotopic (exact) mass is 614 g/mol. The van der Waals surface area contributed by atoms with Crippen LogP contribution in [0, 0.1) is 13.8 Å². The molecule has 0 atom stereocenters. The quantitative estimate of drug-likeness (QED) is 0.363. The summed E-state index contributed by atoms with van der Waals surface area (Å²) in [6, 6.07) is 5.93. The molecule has 0 aliphatic carbocycles. The van der Waals surface area contributed by atoms with E-state index in [1.807, 2.05) is 0 Å². The standard InChI is InChI=1S/C28H30N4O8S2/c1-13-17(27(37)39-7)23(41-19(13)25(35)31(3)4)29-21(33)15-11-9-10-12-16(15)22(34)30-24-18(28(38)40-8)14(2)20(42-24)26(36)32(5)6/h9-12H,1-8H3,(H,29,33)(H,30,34). The van der Waals surface area contributed by atoms with Gasteiger partial charge in [0.05, 0.1) is 46.2 Å². The van der Waals surface area contributed by atoms with Crippen LogP contribution in [0.15, 0.2) is 24.3 Å². The van der Waals surface area contributed by atoms with E-state index in [4.69, 9.17) is 9.47 Å². The van der Waals surface area contributed by atoms with Gasteiger partial charge in [-0.15, -0.1) is 22.7 Å². The molecule has 0 saturated heterocycles. The molecule has 0 bridgehead atoms. The van der Waals surface area contributed by atoms with Crippen LogP contribution >= 0.6 is 22.7 Å². The maximum atomic E-state index is 13.5. The molecule has 2 heterocycles. The predicted octanol–water partition coefficient (Wildman–Crippen LogP) is 3.91. The highest BCUT2D eigenvalue weighted by atomic mass is 32.1. The number of methoxy groups -OCH3 is 2. The number of rotatable bonds is 8. The van der Waals surface area contributed by atoms with Crippen LogP contribution in [0.2, 0.25) is 0 Å². The fraction of sp³-hybridized carbons (Fsp3) is 0.286. The molecule has 1 aromatic carbocycles. The van der Waals surface area contributed by atoms with Crippen molar-refractivity contribution in [3.05, 3.63) is 67.4 Å². The predicted molar refractivity (Wildman–Crippen MR) is 159 cm³/mol. The molecule has 0 saturated carbocycles. The second kappa shape index (κ2) is 13.0. The molecule has 0 aliphatic heterocycles. The van der Waals surface area contributed by atoms with Gasteiger partial charge in [-0.05, 0) is 37.1 Å². The van der Waals surface area contributed by atoms with Gasteiger partial charge in [0.15, 0.2) is 0 Å². The zero-order valence-corrected chi connectivity index (χ0v) is 25.9. The first-order valence-electron chi connectivity index (χ1n) is 12.3. The van der Waals surface area contributed by atoms with Gasteiger partial charge in [0.1, 0.15) is 10.0 Å². The number of hydrogen-bond acceptors (Lipinski definition) is 10. The fourth-order valence-corrected chi connectivity index (χ4v) is 6.36. The first-order chi connectivity index (χ1) is 19.7. The number of hydrogen-bond donors (Lipinski definition) is 2. The summed E-state index contributed by atoms with van der Waals surface area (Å²) in [4.78, 5) is 80.6. The Hall–Kier alpha value is -4.56. The van der Waals surface area contributed by atoms with Crippen LogP contribution in [-0.2, 0) is 9.47 Å². The largest absolute Gasteiger partial charge is 0.465 e. The lowest BCUT2D eigenvalue weighted by atomic mass is 10.1. The maximum Gasteiger partial charge on any atom is 0.341 e. The second-order valence-corrected chi connectivity index (χ2v) is 11.4. The maximum absolute atomic E-state index is 13.5. The molecule has 0 radical (unpaired) electrons. The number of nitrogens with zero attached hydrogens (tertiary/aromatic N) is 2. The van der Waals surface area contributed by atoms with E-state index < -0.39 is 23.8 Å². The molecular weight excluding hydrogens is 584 g/mol. The number of carbonyl (C=O) groups is 6. The summed E-state index contributed by atoms with van der Waals surface area (Å²) in [6.07, 6.45) is 0. The lowest BCUT2D eigenvalue weighted by Gasteiger charge is -2.11. The van der Waals surface area contributed by atoms with Crippen LogP contribution in [0.1, 0.15) is 71.9 Å². The van der Waals surface area contributed by atoms with Crippen LogP contribution in [-0.4, -0.2) is 87.8 Å². The second-order valence-electron chi connectivity index (χ2n) is 9.36. The first-order valence-corrected chi connectivity index (χ1v) is 14.0. The van der Waals surface area contributed by atoms with E-state index in [9.17, 15) is 28.8 Å². The molecule has 2 N–H and O–H groups in total. The Labute approximate surface area is 250 Å². The molecule has 2 aromatic heterocycles. The van der Waals surface area contributed by atoms with Crippen molar-refractivity contribution in [1.29, 1.82) is 0 Å². The minimum absolute atomic E-state index is 0.0258. The zero-order valence-electron chi connectivity index (χ0n) is 24.3. The van der Waals surface area contributed by atoms with Gasteiger partial charge in [-0.3, -0.25) is 19.2 Å². The van der Waals surface area contributed by atoms with E-state index in [0.29, 0.717) is 11.1 Å². The van der Waals surface area contributed by atoms with Crippen LogP contribution in [0.4, 0.5) is 10.0 Å².